The second-order valence-corrected chi connectivity index (χ2v) is 4.76. The Balaban J connectivity index is 2.12. The minimum absolute atomic E-state index is 0.302. The summed E-state index contributed by atoms with van der Waals surface area (Å²) in [5, 5.41) is 3.37. The average Bonchev–Trinajstić information content (AvgIpc) is 2.69. The van der Waals surface area contributed by atoms with Gasteiger partial charge in [0.2, 0.25) is 0 Å². The molecule has 19 heavy (non-hydrogen) atoms. The number of ether oxygens (including phenoxy) is 1. The molecule has 1 aliphatic heterocycles. The van der Waals surface area contributed by atoms with E-state index in [1.54, 1.807) is 6.92 Å². The molecule has 1 aromatic heterocycles. The van der Waals surface area contributed by atoms with Crippen LogP contribution in [0.5, 0.6) is 0 Å². The summed E-state index contributed by atoms with van der Waals surface area (Å²) in [7, 11) is 0. The quantitative estimate of drug-likeness (QED) is 0.828. The Hall–Kier alpha value is -1.88. The van der Waals surface area contributed by atoms with Gasteiger partial charge in [-0.15, -0.1) is 0 Å². The zero-order valence-corrected chi connectivity index (χ0v) is 11.1. The van der Waals surface area contributed by atoms with E-state index in [-0.39, 0.29) is 5.97 Å². The molecule has 0 aliphatic carbocycles. The summed E-state index contributed by atoms with van der Waals surface area (Å²) in [5.41, 5.74) is 3.36. The van der Waals surface area contributed by atoms with E-state index in [9.17, 15) is 4.79 Å². The van der Waals surface area contributed by atoms with Gasteiger partial charge >= 0.3 is 5.97 Å². The maximum Gasteiger partial charge on any atom is 0.340 e. The monoisotopic (exact) mass is 259 g/mol. The fraction of sp³-hybridized carbons (Fsp3) is 0.429. The minimum atomic E-state index is -0.302. The number of rotatable bonds is 3. The molecular weight excluding hydrogens is 242 g/mol. The molecule has 5 nitrogen and oxygen atoms in total. The first-order valence-corrected chi connectivity index (χ1v) is 6.60. The number of nitrogens with one attached hydrogen (secondary N) is 2. The Morgan fingerprint density at radius 1 is 1.53 bits per heavy atom. The lowest BCUT2D eigenvalue weighted by Crippen LogP contribution is -2.35. The van der Waals surface area contributed by atoms with Crippen molar-refractivity contribution in [2.45, 2.75) is 26.3 Å². The predicted molar refractivity (Wildman–Crippen MR) is 72.1 cm³/mol. The van der Waals surface area contributed by atoms with E-state index in [1.807, 2.05) is 19.1 Å². The van der Waals surface area contributed by atoms with Crippen LogP contribution in [0.3, 0.4) is 0 Å². The van der Waals surface area contributed by atoms with Crippen LogP contribution in [-0.4, -0.2) is 29.1 Å². The molecule has 1 aromatic carbocycles. The van der Waals surface area contributed by atoms with E-state index in [4.69, 9.17) is 4.74 Å². The fourth-order valence-corrected chi connectivity index (χ4v) is 2.45. The molecule has 2 N–H and O–H groups in total. The van der Waals surface area contributed by atoms with Crippen molar-refractivity contribution in [3.05, 3.63) is 29.1 Å². The third-order valence-electron chi connectivity index (χ3n) is 3.49. The van der Waals surface area contributed by atoms with Gasteiger partial charge in [0.05, 0.1) is 23.2 Å². The van der Waals surface area contributed by atoms with Gasteiger partial charge in [-0.2, -0.15) is 0 Å². The van der Waals surface area contributed by atoms with Crippen LogP contribution in [0, 0.1) is 6.92 Å². The Morgan fingerprint density at radius 3 is 2.95 bits per heavy atom. The highest BCUT2D eigenvalue weighted by molar-refractivity contribution is 6.03. The molecule has 1 atom stereocenters. The van der Waals surface area contributed by atoms with Gasteiger partial charge in [-0.25, -0.2) is 9.78 Å². The van der Waals surface area contributed by atoms with Crippen molar-refractivity contribution >= 4 is 17.0 Å². The van der Waals surface area contributed by atoms with Gasteiger partial charge in [-0.3, -0.25) is 0 Å². The first kappa shape index (κ1) is 12.2. The molecule has 0 amide bonds. The lowest BCUT2D eigenvalue weighted by Gasteiger charge is -2.28. The summed E-state index contributed by atoms with van der Waals surface area (Å²) in [6.45, 7) is 5.11. The molecule has 0 spiro atoms. The first-order valence-electron chi connectivity index (χ1n) is 6.60. The van der Waals surface area contributed by atoms with Crippen molar-refractivity contribution in [1.82, 2.24) is 15.3 Å². The van der Waals surface area contributed by atoms with Crippen molar-refractivity contribution in [2.24, 2.45) is 0 Å². The number of imidazole rings is 1. The average molecular weight is 259 g/mol. The predicted octanol–water partition coefficient (Wildman–Crippen LogP) is 2.08. The maximum absolute atomic E-state index is 11.9. The molecule has 1 fully saturated rings. The number of H-pyrrole nitrogens is 1. The molecule has 3 rings (SSSR count). The minimum Gasteiger partial charge on any atom is -0.462 e. The molecule has 1 unspecified atom stereocenters. The summed E-state index contributed by atoms with van der Waals surface area (Å²) < 4.78 is 5.08. The van der Waals surface area contributed by atoms with Crippen LogP contribution in [0.2, 0.25) is 0 Å². The largest absolute Gasteiger partial charge is 0.462 e. The highest BCUT2D eigenvalue weighted by Crippen LogP contribution is 2.30. The summed E-state index contributed by atoms with van der Waals surface area (Å²) >= 11 is 0. The molecule has 5 heteroatoms. The van der Waals surface area contributed by atoms with E-state index < -0.39 is 0 Å². The zero-order chi connectivity index (χ0) is 13.4. The summed E-state index contributed by atoms with van der Waals surface area (Å²) in [6.07, 6.45) is 1.11. The van der Waals surface area contributed by atoms with Crippen molar-refractivity contribution < 1.29 is 9.53 Å². The number of fused-ring (bicyclic) bond motifs is 1. The number of hydrogen-bond donors (Lipinski definition) is 2. The SMILES string of the molecule is CCOC(=O)c1ccc(C2CCN2)c2nc(C)[nH]c12. The number of hydrogen-bond acceptors (Lipinski definition) is 4. The molecular formula is C14H17N3O2. The highest BCUT2D eigenvalue weighted by atomic mass is 16.5. The van der Waals surface area contributed by atoms with Crippen molar-refractivity contribution in [3.8, 4) is 0 Å². The second kappa shape index (κ2) is 4.66. The molecule has 100 valence electrons. The number of aromatic amines is 1. The third kappa shape index (κ3) is 2.00. The highest BCUT2D eigenvalue weighted by Gasteiger charge is 2.24. The van der Waals surface area contributed by atoms with Crippen molar-refractivity contribution in [1.29, 1.82) is 0 Å². The molecule has 0 saturated carbocycles. The van der Waals surface area contributed by atoms with Crippen LogP contribution in [0.4, 0.5) is 0 Å². The van der Waals surface area contributed by atoms with E-state index in [2.05, 4.69) is 15.3 Å². The van der Waals surface area contributed by atoms with E-state index >= 15 is 0 Å². The molecule has 0 radical (unpaired) electrons. The Labute approximate surface area is 111 Å². The second-order valence-electron chi connectivity index (χ2n) is 4.76. The molecule has 1 saturated heterocycles. The smallest absolute Gasteiger partial charge is 0.340 e. The number of carbonyl (C=O) groups is 1. The number of carbonyl (C=O) groups excluding carboxylic acids is 1. The van der Waals surface area contributed by atoms with E-state index in [1.165, 1.54) is 0 Å². The van der Waals surface area contributed by atoms with Crippen LogP contribution >= 0.6 is 0 Å². The Bertz CT molecular complexity index is 629. The number of nitrogens with zero attached hydrogens (tertiary/aromatic N) is 1. The zero-order valence-electron chi connectivity index (χ0n) is 11.1. The Morgan fingerprint density at radius 2 is 2.32 bits per heavy atom. The van der Waals surface area contributed by atoms with Crippen LogP contribution in [0.1, 0.15) is 41.1 Å². The van der Waals surface area contributed by atoms with Crippen LogP contribution in [0.15, 0.2) is 12.1 Å². The van der Waals surface area contributed by atoms with Gasteiger partial charge < -0.3 is 15.0 Å². The maximum atomic E-state index is 11.9. The van der Waals surface area contributed by atoms with Gasteiger partial charge in [0.1, 0.15) is 5.82 Å². The summed E-state index contributed by atoms with van der Waals surface area (Å²) in [5.74, 6) is 0.511. The van der Waals surface area contributed by atoms with E-state index in [0.717, 1.165) is 35.4 Å². The molecule has 1 aliphatic rings. The number of benzene rings is 1. The lowest BCUT2D eigenvalue weighted by atomic mass is 9.95. The van der Waals surface area contributed by atoms with Crippen LogP contribution in [-0.2, 0) is 4.74 Å². The van der Waals surface area contributed by atoms with Crippen LogP contribution < -0.4 is 5.32 Å². The van der Waals surface area contributed by atoms with E-state index in [0.29, 0.717) is 18.2 Å². The summed E-state index contributed by atoms with van der Waals surface area (Å²) in [6, 6.07) is 4.15. The number of aryl methyl sites for hydroxylation is 1. The lowest BCUT2D eigenvalue weighted by molar-refractivity contribution is 0.0528. The van der Waals surface area contributed by atoms with Gasteiger partial charge in [-0.1, -0.05) is 6.07 Å². The molecule has 0 bridgehead atoms. The normalized spacial score (nSPS) is 18.3. The third-order valence-corrected chi connectivity index (χ3v) is 3.49. The molecule has 2 heterocycles. The standard InChI is InChI=1S/C14H17N3O2/c1-3-19-14(18)10-5-4-9(11-6-7-15-11)12-13(10)17-8(2)16-12/h4-5,11,15H,3,6-7H2,1-2H3,(H,16,17). The van der Waals surface area contributed by atoms with Gasteiger partial charge in [0.25, 0.3) is 0 Å². The van der Waals surface area contributed by atoms with Gasteiger partial charge in [-0.05, 0) is 38.4 Å². The topological polar surface area (TPSA) is 67.0 Å². The summed E-state index contributed by atoms with van der Waals surface area (Å²) in [4.78, 5) is 19.6. The number of aromatic nitrogens is 2. The van der Waals surface area contributed by atoms with Crippen molar-refractivity contribution in [3.63, 3.8) is 0 Å². The fourth-order valence-electron chi connectivity index (χ4n) is 2.45. The first-order chi connectivity index (χ1) is 9.20. The number of esters is 1. The van der Waals surface area contributed by atoms with Crippen molar-refractivity contribution in [2.75, 3.05) is 13.2 Å². The molecule has 2 aromatic rings. The van der Waals surface area contributed by atoms with Crippen LogP contribution in [0.25, 0.3) is 11.0 Å². The Kier molecular flexibility index (Phi) is 2.98. The van der Waals surface area contributed by atoms with Gasteiger partial charge in [0, 0.05) is 6.04 Å². The van der Waals surface area contributed by atoms with Gasteiger partial charge in [0.15, 0.2) is 0 Å².